The lowest BCUT2D eigenvalue weighted by molar-refractivity contribution is -0.165. The second kappa shape index (κ2) is 5.57. The minimum atomic E-state index is -5.44. The molecule has 0 aromatic carbocycles. The molecule has 0 bridgehead atoms. The van der Waals surface area contributed by atoms with Gasteiger partial charge in [-0.1, -0.05) is 0 Å². The Morgan fingerprint density at radius 3 is 1.56 bits per heavy atom. The minimum absolute atomic E-state index is 2.26. The first-order valence-corrected chi connectivity index (χ1v) is 5.30. The molecule has 11 heteroatoms. The fourth-order valence-corrected chi connectivity index (χ4v) is 1.50. The van der Waals surface area contributed by atoms with E-state index in [9.17, 15) is 30.9 Å². The molecule has 0 heterocycles. The van der Waals surface area contributed by atoms with Crippen molar-refractivity contribution in [1.82, 2.24) is 0 Å². The molecular formula is C5H6ClF6O3P. The number of hydrogen-bond donors (Lipinski definition) is 0. The van der Waals surface area contributed by atoms with Gasteiger partial charge in [-0.15, -0.1) is 11.6 Å². The first-order valence-electron chi connectivity index (χ1n) is 4.38. The lowest BCUT2D eigenvalue weighted by atomic mass is 10.7. The van der Waals surface area contributed by atoms with Crippen molar-refractivity contribution in [2.24, 2.45) is 0 Å². The third-order valence-electron chi connectivity index (χ3n) is 0.900. The highest BCUT2D eigenvalue weighted by Crippen LogP contribution is 2.50. The maximum atomic E-state index is 11.8. The summed E-state index contributed by atoms with van der Waals surface area (Å²) in [4.78, 5) is 0. The van der Waals surface area contributed by atoms with Crippen LogP contribution in [0.4, 0.5) is 26.3 Å². The molecule has 0 aliphatic heterocycles. The summed E-state index contributed by atoms with van der Waals surface area (Å²) in [5, 5.41) is 0. The van der Waals surface area contributed by atoms with Gasteiger partial charge >= 0.3 is 19.9 Å². The first kappa shape index (κ1) is 12.5. The van der Waals surface area contributed by atoms with Crippen LogP contribution in [0.1, 0.15) is 2.74 Å². The van der Waals surface area contributed by atoms with Crippen LogP contribution in [0.25, 0.3) is 0 Å². The van der Waals surface area contributed by atoms with Crippen molar-refractivity contribution in [1.29, 1.82) is 0 Å². The van der Waals surface area contributed by atoms with Gasteiger partial charge in [0.2, 0.25) is 0 Å². The van der Waals surface area contributed by atoms with Crippen molar-refractivity contribution in [2.45, 2.75) is 12.4 Å². The van der Waals surface area contributed by atoms with Crippen molar-refractivity contribution in [2.75, 3.05) is 18.8 Å². The Hall–Kier alpha value is 0.0200. The molecule has 0 unspecified atom stereocenters. The molecule has 0 aliphatic rings. The van der Waals surface area contributed by atoms with E-state index >= 15 is 0 Å². The SMILES string of the molecule is [2H]C([2H])(Cl)P(=O)(OCC(F)(F)F)OCC(F)(F)F. The molecule has 0 N–H and O–H groups in total. The average molecular weight is 297 g/mol. The second-order valence-electron chi connectivity index (χ2n) is 2.36. The minimum Gasteiger partial charge on any atom is -0.298 e. The highest BCUT2D eigenvalue weighted by Gasteiger charge is 2.37. The summed E-state index contributed by atoms with van der Waals surface area (Å²) in [5.74, 6) is 0. The summed E-state index contributed by atoms with van der Waals surface area (Å²) >= 11 is 4.78. The van der Waals surface area contributed by atoms with E-state index in [4.69, 9.17) is 14.3 Å². The molecular weight excluding hydrogens is 288 g/mol. The molecule has 3 nitrogen and oxygen atoms in total. The van der Waals surface area contributed by atoms with Gasteiger partial charge in [0.15, 0.2) is 13.2 Å². The molecule has 0 aromatic heterocycles. The summed E-state index contributed by atoms with van der Waals surface area (Å²) < 4.78 is 102. The first-order chi connectivity index (χ1) is 7.66. The Morgan fingerprint density at radius 1 is 1.06 bits per heavy atom. The van der Waals surface area contributed by atoms with Gasteiger partial charge in [0, 0.05) is 0 Å². The van der Waals surface area contributed by atoms with E-state index in [1.54, 1.807) is 0 Å². The van der Waals surface area contributed by atoms with Crippen molar-refractivity contribution < 1.29 is 42.7 Å². The Labute approximate surface area is 94.0 Å². The van der Waals surface area contributed by atoms with Crippen LogP contribution in [0.5, 0.6) is 0 Å². The van der Waals surface area contributed by atoms with Crippen molar-refractivity contribution in [3.05, 3.63) is 0 Å². The molecule has 0 rings (SSSR count). The Morgan fingerprint density at radius 2 is 1.38 bits per heavy atom. The topological polar surface area (TPSA) is 35.5 Å². The lowest BCUT2D eigenvalue weighted by Gasteiger charge is -2.17. The van der Waals surface area contributed by atoms with Gasteiger partial charge in [-0.25, -0.2) is 0 Å². The van der Waals surface area contributed by atoms with E-state index in [0.717, 1.165) is 0 Å². The summed E-state index contributed by atoms with van der Waals surface area (Å²) in [6.07, 6.45) is -10.1. The maximum Gasteiger partial charge on any atom is 0.412 e. The van der Waals surface area contributed by atoms with Crippen LogP contribution in [0.15, 0.2) is 0 Å². The normalized spacial score (nSPS) is 16.9. The van der Waals surface area contributed by atoms with Gasteiger partial charge in [0.25, 0.3) is 0 Å². The molecule has 0 fully saturated rings. The van der Waals surface area contributed by atoms with Gasteiger partial charge in [-0.05, 0) is 0 Å². The van der Waals surface area contributed by atoms with Crippen molar-refractivity contribution in [3.63, 3.8) is 0 Å². The molecule has 0 saturated carbocycles. The van der Waals surface area contributed by atoms with Crippen LogP contribution in [-0.4, -0.2) is 31.1 Å². The zero-order chi connectivity index (χ0) is 14.8. The Kier molecular flexibility index (Phi) is 4.34. The van der Waals surface area contributed by atoms with Crippen LogP contribution in [0, 0.1) is 0 Å². The largest absolute Gasteiger partial charge is 0.412 e. The quantitative estimate of drug-likeness (QED) is 0.442. The zero-order valence-corrected chi connectivity index (χ0v) is 8.88. The fourth-order valence-electron chi connectivity index (χ4n) is 0.402. The van der Waals surface area contributed by atoms with E-state index in [-0.39, 0.29) is 0 Å². The van der Waals surface area contributed by atoms with E-state index in [2.05, 4.69) is 9.05 Å². The smallest absolute Gasteiger partial charge is 0.298 e. The molecule has 0 saturated heterocycles. The van der Waals surface area contributed by atoms with Gasteiger partial charge in [-0.2, -0.15) is 26.3 Å². The monoisotopic (exact) mass is 296 g/mol. The highest BCUT2D eigenvalue weighted by molar-refractivity contribution is 7.55. The standard InChI is InChI=1S/C5H6ClF6O3P/c6-3-16(13,14-1-4(7,8)9)15-2-5(10,11)12/h1-3H2/i3D2. The predicted molar refractivity (Wildman–Crippen MR) is 42.3 cm³/mol. The van der Waals surface area contributed by atoms with E-state index in [1.807, 2.05) is 0 Å². The third-order valence-corrected chi connectivity index (χ3v) is 2.67. The highest BCUT2D eigenvalue weighted by atomic mass is 35.5. The van der Waals surface area contributed by atoms with Crippen LogP contribution < -0.4 is 0 Å². The lowest BCUT2D eigenvalue weighted by Crippen LogP contribution is -2.20. The van der Waals surface area contributed by atoms with Crippen LogP contribution >= 0.6 is 19.2 Å². The third kappa shape index (κ3) is 8.20. The van der Waals surface area contributed by atoms with Crippen LogP contribution in [0.3, 0.4) is 0 Å². The molecule has 16 heavy (non-hydrogen) atoms. The second-order valence-corrected chi connectivity index (χ2v) is 4.55. The molecule has 0 amide bonds. The van der Waals surface area contributed by atoms with Crippen LogP contribution in [-0.2, 0) is 13.6 Å². The molecule has 0 spiro atoms. The van der Waals surface area contributed by atoms with Gasteiger partial charge in [0.1, 0.15) is 5.57 Å². The van der Waals surface area contributed by atoms with Crippen LogP contribution in [0.2, 0.25) is 0 Å². The molecule has 0 aliphatic carbocycles. The van der Waals surface area contributed by atoms with E-state index < -0.39 is 38.7 Å². The summed E-state index contributed by atoms with van der Waals surface area (Å²) in [6.45, 7) is -4.51. The fraction of sp³-hybridized carbons (Fsp3) is 1.00. The number of hydrogen-bond acceptors (Lipinski definition) is 3. The van der Waals surface area contributed by atoms with E-state index in [1.165, 1.54) is 0 Å². The summed E-state index contributed by atoms with van der Waals surface area (Å²) in [5.41, 5.74) is -3.52. The molecule has 0 atom stereocenters. The van der Waals surface area contributed by atoms with Crippen molar-refractivity contribution in [3.8, 4) is 0 Å². The zero-order valence-electron chi connectivity index (χ0n) is 9.23. The Balaban J connectivity index is 4.82. The van der Waals surface area contributed by atoms with E-state index in [0.29, 0.717) is 0 Å². The average Bonchev–Trinajstić information content (AvgIpc) is 2.07. The summed E-state index contributed by atoms with van der Waals surface area (Å²) in [6, 6.07) is 0. The Bertz CT molecular complexity index is 305. The van der Waals surface area contributed by atoms with Gasteiger partial charge in [-0.3, -0.25) is 13.6 Å². The molecule has 0 radical (unpaired) electrons. The number of alkyl halides is 7. The summed E-state index contributed by atoms with van der Waals surface area (Å²) in [7, 11) is -5.44. The van der Waals surface area contributed by atoms with Gasteiger partial charge < -0.3 is 0 Å². The number of rotatable bonds is 5. The van der Waals surface area contributed by atoms with Crippen molar-refractivity contribution >= 4 is 19.2 Å². The van der Waals surface area contributed by atoms with Gasteiger partial charge in [0.05, 0.1) is 2.74 Å². The predicted octanol–water partition coefficient (Wildman–Crippen LogP) is 3.53. The molecule has 0 aromatic rings. The maximum absolute atomic E-state index is 11.8. The number of halogens is 7. The molecule has 98 valence electrons.